The first-order valence-corrected chi connectivity index (χ1v) is 6.71. The standard InChI is InChI=1S/C15H22N2O2/c1-15(2,9-16)10-19-14(18)13-12-6-4-3-5-11(12)7-8-17-13/h3-6,13,17H,7-10,16H2,1-2H3. The van der Waals surface area contributed by atoms with Crippen molar-refractivity contribution >= 4 is 5.97 Å². The molecule has 1 aromatic carbocycles. The number of ether oxygens (including phenoxy) is 1. The minimum atomic E-state index is -0.349. The number of benzene rings is 1. The van der Waals surface area contributed by atoms with E-state index in [1.54, 1.807) is 0 Å². The molecule has 4 heteroatoms. The summed E-state index contributed by atoms with van der Waals surface area (Å²) in [5.41, 5.74) is 7.72. The van der Waals surface area contributed by atoms with E-state index in [2.05, 4.69) is 11.4 Å². The Kier molecular flexibility index (Phi) is 4.22. The van der Waals surface area contributed by atoms with Crippen molar-refractivity contribution in [2.24, 2.45) is 11.1 Å². The van der Waals surface area contributed by atoms with Gasteiger partial charge in [0.1, 0.15) is 6.04 Å². The highest BCUT2D eigenvalue weighted by Gasteiger charge is 2.28. The van der Waals surface area contributed by atoms with E-state index in [0.29, 0.717) is 13.2 Å². The quantitative estimate of drug-likeness (QED) is 0.805. The summed E-state index contributed by atoms with van der Waals surface area (Å²) in [4.78, 5) is 12.2. The number of nitrogens with two attached hydrogens (primary N) is 1. The minimum Gasteiger partial charge on any atom is -0.464 e. The lowest BCUT2D eigenvalue weighted by Crippen LogP contribution is -2.38. The van der Waals surface area contributed by atoms with Crippen molar-refractivity contribution in [3.63, 3.8) is 0 Å². The molecule has 104 valence electrons. The highest BCUT2D eigenvalue weighted by atomic mass is 16.5. The van der Waals surface area contributed by atoms with Gasteiger partial charge in [0.2, 0.25) is 0 Å². The van der Waals surface area contributed by atoms with Crippen LogP contribution < -0.4 is 11.1 Å². The summed E-state index contributed by atoms with van der Waals surface area (Å²) in [7, 11) is 0. The molecule has 0 saturated carbocycles. The average Bonchev–Trinajstić information content (AvgIpc) is 2.44. The Balaban J connectivity index is 2.05. The molecule has 1 atom stereocenters. The Morgan fingerprint density at radius 2 is 2.21 bits per heavy atom. The van der Waals surface area contributed by atoms with Gasteiger partial charge in [-0.05, 0) is 17.5 Å². The van der Waals surface area contributed by atoms with Gasteiger partial charge in [0.15, 0.2) is 0 Å². The van der Waals surface area contributed by atoms with Crippen LogP contribution in [0, 0.1) is 5.41 Å². The molecule has 0 aliphatic carbocycles. The van der Waals surface area contributed by atoms with E-state index in [1.807, 2.05) is 32.0 Å². The first kappa shape index (κ1) is 14.0. The van der Waals surface area contributed by atoms with E-state index < -0.39 is 0 Å². The van der Waals surface area contributed by atoms with Gasteiger partial charge in [0.05, 0.1) is 6.61 Å². The minimum absolute atomic E-state index is 0.177. The molecule has 0 aromatic heterocycles. The zero-order valence-corrected chi connectivity index (χ0v) is 11.6. The van der Waals surface area contributed by atoms with Gasteiger partial charge >= 0.3 is 5.97 Å². The number of carbonyl (C=O) groups excluding carboxylic acids is 1. The summed E-state index contributed by atoms with van der Waals surface area (Å²) in [6.45, 7) is 5.62. The fraction of sp³-hybridized carbons (Fsp3) is 0.533. The third-order valence-corrected chi connectivity index (χ3v) is 3.50. The molecule has 2 rings (SSSR count). The van der Waals surface area contributed by atoms with Gasteiger partial charge in [-0.25, -0.2) is 4.79 Å². The highest BCUT2D eigenvalue weighted by molar-refractivity contribution is 5.78. The number of fused-ring (bicyclic) bond motifs is 1. The van der Waals surface area contributed by atoms with Crippen molar-refractivity contribution in [1.29, 1.82) is 0 Å². The van der Waals surface area contributed by atoms with E-state index in [9.17, 15) is 4.79 Å². The molecule has 0 amide bonds. The molecule has 1 heterocycles. The van der Waals surface area contributed by atoms with Gasteiger partial charge in [-0.2, -0.15) is 0 Å². The molecule has 1 unspecified atom stereocenters. The predicted molar refractivity (Wildman–Crippen MR) is 74.7 cm³/mol. The molecular formula is C15H22N2O2. The van der Waals surface area contributed by atoms with Crippen LogP contribution in [0.1, 0.15) is 31.0 Å². The molecule has 1 aliphatic rings. The fourth-order valence-corrected chi connectivity index (χ4v) is 2.12. The maximum Gasteiger partial charge on any atom is 0.327 e. The van der Waals surface area contributed by atoms with Gasteiger partial charge < -0.3 is 15.8 Å². The van der Waals surface area contributed by atoms with Crippen molar-refractivity contribution in [2.75, 3.05) is 19.7 Å². The maximum absolute atomic E-state index is 12.2. The van der Waals surface area contributed by atoms with Crippen LogP contribution in [-0.4, -0.2) is 25.7 Å². The van der Waals surface area contributed by atoms with E-state index in [0.717, 1.165) is 18.5 Å². The van der Waals surface area contributed by atoms with Crippen molar-refractivity contribution < 1.29 is 9.53 Å². The van der Waals surface area contributed by atoms with Crippen LogP contribution >= 0.6 is 0 Å². The smallest absolute Gasteiger partial charge is 0.327 e. The number of carbonyl (C=O) groups is 1. The Hall–Kier alpha value is -1.39. The molecule has 19 heavy (non-hydrogen) atoms. The van der Waals surface area contributed by atoms with Gasteiger partial charge in [0, 0.05) is 18.5 Å². The molecule has 0 spiro atoms. The predicted octanol–water partition coefficient (Wildman–Crippen LogP) is 1.40. The summed E-state index contributed by atoms with van der Waals surface area (Å²) in [5, 5.41) is 3.22. The monoisotopic (exact) mass is 262 g/mol. The van der Waals surface area contributed by atoms with E-state index in [-0.39, 0.29) is 17.4 Å². The summed E-state index contributed by atoms with van der Waals surface area (Å²) >= 11 is 0. The van der Waals surface area contributed by atoms with Crippen molar-refractivity contribution in [1.82, 2.24) is 5.32 Å². The topological polar surface area (TPSA) is 64.3 Å². The molecule has 0 radical (unpaired) electrons. The summed E-state index contributed by atoms with van der Waals surface area (Å²) in [5.74, 6) is -0.214. The van der Waals surface area contributed by atoms with Crippen LogP contribution in [0.5, 0.6) is 0 Å². The maximum atomic E-state index is 12.2. The summed E-state index contributed by atoms with van der Waals surface area (Å²) in [6, 6.07) is 7.67. The van der Waals surface area contributed by atoms with E-state index in [1.165, 1.54) is 5.56 Å². The number of rotatable bonds is 4. The lowest BCUT2D eigenvalue weighted by molar-refractivity contribution is -0.149. The van der Waals surface area contributed by atoms with Crippen LogP contribution in [0.15, 0.2) is 24.3 Å². The number of hydrogen-bond donors (Lipinski definition) is 2. The Labute approximate surface area is 114 Å². The van der Waals surface area contributed by atoms with Crippen molar-refractivity contribution in [3.8, 4) is 0 Å². The van der Waals surface area contributed by atoms with Crippen LogP contribution in [0.25, 0.3) is 0 Å². The second-order valence-corrected chi connectivity index (χ2v) is 5.81. The fourth-order valence-electron chi connectivity index (χ4n) is 2.12. The molecule has 0 fully saturated rings. The molecule has 4 nitrogen and oxygen atoms in total. The first-order chi connectivity index (χ1) is 9.03. The molecule has 0 saturated heterocycles. The average molecular weight is 262 g/mol. The molecule has 3 N–H and O–H groups in total. The largest absolute Gasteiger partial charge is 0.464 e. The highest BCUT2D eigenvalue weighted by Crippen LogP contribution is 2.24. The van der Waals surface area contributed by atoms with Gasteiger partial charge in [-0.15, -0.1) is 0 Å². The van der Waals surface area contributed by atoms with Crippen LogP contribution in [0.2, 0.25) is 0 Å². The zero-order chi connectivity index (χ0) is 13.9. The number of hydrogen-bond acceptors (Lipinski definition) is 4. The van der Waals surface area contributed by atoms with Gasteiger partial charge in [0.25, 0.3) is 0 Å². The third kappa shape index (κ3) is 3.33. The Bertz CT molecular complexity index is 457. The normalized spacial score (nSPS) is 18.8. The SMILES string of the molecule is CC(C)(CN)COC(=O)C1NCCc2ccccc21. The molecule has 0 bridgehead atoms. The summed E-state index contributed by atoms with van der Waals surface area (Å²) < 4.78 is 5.41. The lowest BCUT2D eigenvalue weighted by Gasteiger charge is -2.27. The van der Waals surface area contributed by atoms with Crippen LogP contribution in [-0.2, 0) is 16.0 Å². The van der Waals surface area contributed by atoms with Gasteiger partial charge in [-0.1, -0.05) is 38.1 Å². The Morgan fingerprint density at radius 1 is 1.47 bits per heavy atom. The number of esters is 1. The van der Waals surface area contributed by atoms with Crippen molar-refractivity contribution in [3.05, 3.63) is 35.4 Å². The van der Waals surface area contributed by atoms with E-state index in [4.69, 9.17) is 10.5 Å². The number of nitrogens with one attached hydrogen (secondary N) is 1. The van der Waals surface area contributed by atoms with Crippen LogP contribution in [0.3, 0.4) is 0 Å². The molecular weight excluding hydrogens is 240 g/mol. The molecule has 1 aliphatic heterocycles. The molecule has 1 aromatic rings. The Morgan fingerprint density at radius 3 is 2.95 bits per heavy atom. The lowest BCUT2D eigenvalue weighted by atomic mass is 9.93. The second kappa shape index (κ2) is 5.72. The van der Waals surface area contributed by atoms with Crippen LogP contribution in [0.4, 0.5) is 0 Å². The summed E-state index contributed by atoms with van der Waals surface area (Å²) in [6.07, 6.45) is 0.953. The third-order valence-electron chi connectivity index (χ3n) is 3.50. The van der Waals surface area contributed by atoms with Gasteiger partial charge in [-0.3, -0.25) is 0 Å². The van der Waals surface area contributed by atoms with Crippen molar-refractivity contribution in [2.45, 2.75) is 26.3 Å². The first-order valence-electron chi connectivity index (χ1n) is 6.71. The second-order valence-electron chi connectivity index (χ2n) is 5.81. The zero-order valence-electron chi connectivity index (χ0n) is 11.6. The van der Waals surface area contributed by atoms with E-state index >= 15 is 0 Å².